The predicted octanol–water partition coefficient (Wildman–Crippen LogP) is 3.91. The molecule has 47 heavy (non-hydrogen) atoms. The molecule has 300 valence electrons. The summed E-state index contributed by atoms with van der Waals surface area (Å²) in [5, 5.41) is 0. The van der Waals surface area contributed by atoms with Gasteiger partial charge in [0.05, 0.1) is 60.2 Å². The van der Waals surface area contributed by atoms with Crippen LogP contribution in [0.3, 0.4) is 0 Å². The van der Waals surface area contributed by atoms with Crippen molar-refractivity contribution < 1.29 is 60.7 Å². The Kier molecular flexibility index (Phi) is 70.0. The van der Waals surface area contributed by atoms with E-state index in [0.717, 1.165) is 0 Å². The molecule has 12 N–H and O–H groups in total. The maximum Gasteiger partial charge on any atom is 0.0786 e. The van der Waals surface area contributed by atoms with E-state index < -0.39 is 7.82 Å². The van der Waals surface area contributed by atoms with Gasteiger partial charge in [-0.2, -0.15) is 0 Å². The summed E-state index contributed by atoms with van der Waals surface area (Å²) in [7, 11) is -4.67. The summed E-state index contributed by atoms with van der Waals surface area (Å²) in [4.78, 5) is 19.0. The molecule has 0 aromatic carbocycles. The maximum absolute atomic E-state index is 9.48. The van der Waals surface area contributed by atoms with Gasteiger partial charge in [0.2, 0.25) is 0 Å². The number of nitrogens with zero attached hydrogens (tertiary/aromatic N) is 2. The molecule has 0 radical (unpaired) electrons. The smallest absolute Gasteiger partial charge is 0.0786 e. The molecule has 13 heteroatoms. The fourth-order valence-electron chi connectivity index (χ4n) is 5.45. The fraction of sp³-hybridized carbons (Fsp3) is 1.00. The minimum atomic E-state index is -4.67. The second-order valence-electron chi connectivity index (χ2n) is 12.2. The van der Waals surface area contributed by atoms with Crippen molar-refractivity contribution in [2.24, 2.45) is 0 Å². The van der Waals surface area contributed by atoms with Gasteiger partial charge >= 0.3 is 0 Å². The van der Waals surface area contributed by atoms with Crippen LogP contribution >= 0.6 is 7.82 Å². The van der Waals surface area contributed by atoms with Crippen LogP contribution < -0.4 is 9.79 Å². The van der Waals surface area contributed by atoms with Gasteiger partial charge in [-0.3, -0.25) is 0 Å². The van der Waals surface area contributed by atoms with E-state index in [1.165, 1.54) is 171 Å². The quantitative estimate of drug-likeness (QED) is 0.0951. The lowest BCUT2D eigenvalue weighted by atomic mass is 10.1. The van der Waals surface area contributed by atoms with E-state index in [1.54, 1.807) is 0 Å². The fourth-order valence-corrected chi connectivity index (χ4v) is 5.76. The van der Waals surface area contributed by atoms with Crippen LogP contribution in [-0.4, -0.2) is 101 Å². The van der Waals surface area contributed by atoms with Crippen molar-refractivity contribution in [1.82, 2.24) is 0 Å². The highest BCUT2D eigenvalue weighted by Crippen LogP contribution is 2.23. The van der Waals surface area contributed by atoms with Gasteiger partial charge in [0.15, 0.2) is 0 Å². The van der Waals surface area contributed by atoms with Gasteiger partial charge < -0.3 is 60.7 Å². The maximum atomic E-state index is 9.48. The molecule has 0 aromatic rings. The van der Waals surface area contributed by atoms with Crippen molar-refractivity contribution in [2.75, 3.05) is 59.0 Å². The van der Waals surface area contributed by atoms with E-state index in [9.17, 15) is 14.4 Å². The van der Waals surface area contributed by atoms with Gasteiger partial charge in [-0.1, -0.05) is 107 Å². The van der Waals surface area contributed by atoms with Crippen molar-refractivity contribution >= 4 is 7.82 Å². The van der Waals surface area contributed by atoms with E-state index in [-0.39, 0.29) is 39.5 Å². The summed E-state index contributed by atoms with van der Waals surface area (Å²) in [6, 6.07) is 0. The van der Waals surface area contributed by atoms with Gasteiger partial charge in [-0.05, 0) is 58.3 Å². The summed E-state index contributed by atoms with van der Waals surface area (Å²) in [5.41, 5.74) is 0. The molecule has 0 rings (SSSR count). The molecule has 0 unspecified atom stereocenters. The zero-order valence-corrected chi connectivity index (χ0v) is 33.5. The molecule has 0 bridgehead atoms. The van der Waals surface area contributed by atoms with Crippen LogP contribution in [0.15, 0.2) is 0 Å². The molecule has 0 aliphatic carbocycles. The Morgan fingerprint density at radius 2 is 0.532 bits per heavy atom. The Hall–Kier alpha value is -0.210. The molecule has 0 aliphatic rings. The Labute approximate surface area is 292 Å². The molecule has 0 amide bonds. The molecule has 0 heterocycles. The second-order valence-corrected chi connectivity index (χ2v) is 13.3. The van der Waals surface area contributed by atoms with Gasteiger partial charge in [0.25, 0.3) is 0 Å². The van der Waals surface area contributed by atoms with E-state index in [4.69, 9.17) is 0 Å². The first-order valence-corrected chi connectivity index (χ1v) is 19.4. The van der Waals surface area contributed by atoms with Gasteiger partial charge in [-0.25, -0.2) is 0 Å². The number of hydrogen-bond donors (Lipinski definition) is 0. The molecule has 0 fully saturated rings. The lowest BCUT2D eigenvalue weighted by Crippen LogP contribution is -2.50. The first-order chi connectivity index (χ1) is 19.5. The van der Waals surface area contributed by atoms with Crippen LogP contribution in [0.4, 0.5) is 0 Å². The monoisotopic (exact) mass is 717 g/mol. The first-order valence-electron chi connectivity index (χ1n) is 17.9. The third kappa shape index (κ3) is 45.8. The molecule has 0 saturated heterocycles. The molecule has 0 saturated carbocycles. The van der Waals surface area contributed by atoms with Crippen molar-refractivity contribution in [3.63, 3.8) is 0 Å². The molecule has 0 atom stereocenters. The van der Waals surface area contributed by atoms with Crippen LogP contribution in [0.2, 0.25) is 0 Å². The lowest BCUT2D eigenvalue weighted by molar-refractivity contribution is -0.929. The Bertz CT molecular complexity index is 462. The topological polar surface area (TPSA) is 261 Å². The van der Waals surface area contributed by atoms with E-state index >= 15 is 0 Å². The van der Waals surface area contributed by atoms with E-state index in [2.05, 4.69) is 59.9 Å². The van der Waals surface area contributed by atoms with Crippen LogP contribution in [0.1, 0.15) is 165 Å². The minimum absolute atomic E-state index is 0. The van der Waals surface area contributed by atoms with Gasteiger partial charge in [0, 0.05) is 6.61 Å². The largest absolute Gasteiger partial charge is 0.790 e. The summed E-state index contributed by atoms with van der Waals surface area (Å²) < 4.78 is 16.0. The third-order valence-corrected chi connectivity index (χ3v) is 8.75. The molecule has 12 nitrogen and oxygen atoms in total. The molecule has 0 aliphatic heterocycles. The highest BCUT2D eigenvalue weighted by Gasteiger charge is 2.25. The number of phosphoric acid groups is 1. The predicted molar refractivity (Wildman–Crippen MR) is 200 cm³/mol. The average Bonchev–Trinajstić information content (AvgIpc) is 2.95. The number of rotatable bonds is 26. The zero-order valence-electron chi connectivity index (χ0n) is 32.7. The van der Waals surface area contributed by atoms with Crippen LogP contribution in [-0.2, 0) is 9.09 Å². The zero-order chi connectivity index (χ0) is 31.9. The Morgan fingerprint density at radius 3 is 0.596 bits per heavy atom. The van der Waals surface area contributed by atoms with Crippen LogP contribution in [0.5, 0.6) is 0 Å². The summed E-state index contributed by atoms with van der Waals surface area (Å²) in [6.07, 6.45) is 22.1. The average molecular weight is 717 g/mol. The Morgan fingerprint density at radius 1 is 0.383 bits per heavy atom. The van der Waals surface area contributed by atoms with Crippen molar-refractivity contribution in [3.8, 4) is 0 Å². The molecular formula is C34H89N2O10P. The van der Waals surface area contributed by atoms with E-state index in [1.807, 2.05) is 0 Å². The number of unbranched alkanes of at least 4 members (excludes halogenated alkanes) is 8. The van der Waals surface area contributed by atoms with Crippen LogP contribution in [0.25, 0.3) is 0 Å². The summed E-state index contributed by atoms with van der Waals surface area (Å²) in [6.45, 7) is 31.4. The number of phosphoric ester groups is 1. The van der Waals surface area contributed by atoms with Crippen molar-refractivity contribution in [1.29, 1.82) is 0 Å². The number of hydrogen-bond acceptors (Lipinski definition) is 4. The van der Waals surface area contributed by atoms with Gasteiger partial charge in [0.1, 0.15) is 0 Å². The Balaban J connectivity index is -0.0000000660. The van der Waals surface area contributed by atoms with Crippen LogP contribution in [0, 0.1) is 0 Å². The first kappa shape index (κ1) is 68.7. The van der Waals surface area contributed by atoms with Crippen molar-refractivity contribution in [3.05, 3.63) is 0 Å². The minimum Gasteiger partial charge on any atom is -0.790 e. The normalized spacial score (nSPS) is 10.4. The summed E-state index contributed by atoms with van der Waals surface area (Å²) in [5.74, 6) is 0. The standard InChI is InChI=1S/2C16H36N.C2H7O4P.6H2O/c2*1-5-9-13-17(14-10-6-2,15-11-7-3)16-12-8-4;1-2-6-7(3,4)5;;;;;;/h2*5-16H2,1-4H3;2H2,1H3,(H2,3,4,5);6*1H2/q2*+1;;;;;;;/p-2. The summed E-state index contributed by atoms with van der Waals surface area (Å²) >= 11 is 0. The second kappa shape index (κ2) is 47.9. The SMILES string of the molecule is CCCC[N+](CCCC)(CCCC)CCCC.CCCC[N+](CCCC)(CCCC)CCCC.CCOP(=O)([O-])[O-].O.O.O.O.O.O. The van der Waals surface area contributed by atoms with E-state index in [0.29, 0.717) is 0 Å². The highest BCUT2D eigenvalue weighted by atomic mass is 31.2. The van der Waals surface area contributed by atoms with Gasteiger partial charge in [-0.15, -0.1) is 0 Å². The molecule has 0 aromatic heterocycles. The molecule has 0 spiro atoms. The van der Waals surface area contributed by atoms with Crippen molar-refractivity contribution in [2.45, 2.75) is 165 Å². The third-order valence-electron chi connectivity index (χ3n) is 8.18. The highest BCUT2D eigenvalue weighted by molar-refractivity contribution is 7.43. The lowest BCUT2D eigenvalue weighted by Gasteiger charge is -2.39. The molecular weight excluding hydrogens is 627 g/mol. The number of quaternary nitrogens is 2.